The van der Waals surface area contributed by atoms with Crippen molar-refractivity contribution in [1.29, 1.82) is 0 Å². The minimum absolute atomic E-state index is 0.778. The molecule has 1 aromatic carbocycles. The first-order valence-corrected chi connectivity index (χ1v) is 6.08. The van der Waals surface area contributed by atoms with Crippen LogP contribution in [0, 0.1) is 11.8 Å². The molecule has 15 heavy (non-hydrogen) atoms. The van der Waals surface area contributed by atoms with Gasteiger partial charge >= 0.3 is 0 Å². The molecule has 1 nitrogen and oxygen atoms in total. The largest absolute Gasteiger partial charge is 0.316 e. The molecule has 0 saturated carbocycles. The predicted octanol–water partition coefficient (Wildman–Crippen LogP) is 3.13. The highest BCUT2D eigenvalue weighted by Gasteiger charge is 2.20. The van der Waals surface area contributed by atoms with Gasteiger partial charge in [0.2, 0.25) is 0 Å². The van der Waals surface area contributed by atoms with Crippen LogP contribution in [0.25, 0.3) is 0 Å². The van der Waals surface area contributed by atoms with E-state index >= 15 is 0 Å². The molecule has 0 bridgehead atoms. The van der Waals surface area contributed by atoms with E-state index in [9.17, 15) is 0 Å². The van der Waals surface area contributed by atoms with Gasteiger partial charge in [0.25, 0.3) is 0 Å². The number of rotatable bonds is 2. The van der Waals surface area contributed by atoms with Gasteiger partial charge in [-0.3, -0.25) is 0 Å². The van der Waals surface area contributed by atoms with Crippen LogP contribution in [-0.4, -0.2) is 13.1 Å². The Morgan fingerprint density at radius 3 is 2.73 bits per heavy atom. The Morgan fingerprint density at radius 2 is 2.07 bits per heavy atom. The lowest BCUT2D eigenvalue weighted by atomic mass is 9.84. The SMILES string of the molecule is CC1CCNCC1Cc1ccc(Cl)cc1. The number of hydrogen-bond acceptors (Lipinski definition) is 1. The van der Waals surface area contributed by atoms with Gasteiger partial charge in [-0.15, -0.1) is 0 Å². The lowest BCUT2D eigenvalue weighted by Crippen LogP contribution is -2.36. The van der Waals surface area contributed by atoms with Gasteiger partial charge in [-0.25, -0.2) is 0 Å². The number of hydrogen-bond donors (Lipinski definition) is 1. The molecular formula is C13H18ClN. The molecule has 0 radical (unpaired) electrons. The van der Waals surface area contributed by atoms with Gasteiger partial charge in [-0.1, -0.05) is 30.7 Å². The molecule has 1 fully saturated rings. The van der Waals surface area contributed by atoms with E-state index in [0.29, 0.717) is 0 Å². The van der Waals surface area contributed by atoms with E-state index in [1.807, 2.05) is 12.1 Å². The van der Waals surface area contributed by atoms with Gasteiger partial charge in [0.05, 0.1) is 0 Å². The van der Waals surface area contributed by atoms with Crippen LogP contribution in [0.5, 0.6) is 0 Å². The lowest BCUT2D eigenvalue weighted by molar-refractivity contribution is 0.273. The zero-order valence-electron chi connectivity index (χ0n) is 9.17. The Kier molecular flexibility index (Phi) is 3.66. The highest BCUT2D eigenvalue weighted by atomic mass is 35.5. The molecule has 1 heterocycles. The zero-order chi connectivity index (χ0) is 10.7. The topological polar surface area (TPSA) is 12.0 Å². The molecule has 0 aliphatic carbocycles. The predicted molar refractivity (Wildman–Crippen MR) is 65.3 cm³/mol. The average Bonchev–Trinajstić information content (AvgIpc) is 2.25. The Labute approximate surface area is 96.8 Å². The second-order valence-corrected chi connectivity index (χ2v) is 5.00. The summed E-state index contributed by atoms with van der Waals surface area (Å²) in [5, 5.41) is 4.30. The molecule has 0 aromatic heterocycles. The quantitative estimate of drug-likeness (QED) is 0.813. The lowest BCUT2D eigenvalue weighted by Gasteiger charge is -2.29. The summed E-state index contributed by atoms with van der Waals surface area (Å²) in [5.74, 6) is 1.61. The monoisotopic (exact) mass is 223 g/mol. The van der Waals surface area contributed by atoms with Crippen molar-refractivity contribution in [2.75, 3.05) is 13.1 Å². The standard InChI is InChI=1S/C13H18ClN/c1-10-6-7-15-9-12(10)8-11-2-4-13(14)5-3-11/h2-5,10,12,15H,6-9H2,1H3. The van der Waals surface area contributed by atoms with Crippen molar-refractivity contribution in [1.82, 2.24) is 5.32 Å². The number of halogens is 1. The van der Waals surface area contributed by atoms with Crippen LogP contribution in [-0.2, 0) is 6.42 Å². The summed E-state index contributed by atoms with van der Waals surface area (Å²) in [5.41, 5.74) is 1.40. The normalized spacial score (nSPS) is 26.5. The van der Waals surface area contributed by atoms with Crippen LogP contribution in [0.1, 0.15) is 18.9 Å². The molecule has 2 heteroatoms. The second-order valence-electron chi connectivity index (χ2n) is 4.56. The van der Waals surface area contributed by atoms with E-state index < -0.39 is 0 Å². The fourth-order valence-electron chi connectivity index (χ4n) is 2.25. The smallest absolute Gasteiger partial charge is 0.0406 e. The average molecular weight is 224 g/mol. The van der Waals surface area contributed by atoms with Crippen LogP contribution >= 0.6 is 11.6 Å². The van der Waals surface area contributed by atoms with Crippen molar-refractivity contribution in [3.8, 4) is 0 Å². The molecule has 1 aliphatic heterocycles. The van der Waals surface area contributed by atoms with Gasteiger partial charge in [-0.05, 0) is 55.5 Å². The minimum Gasteiger partial charge on any atom is -0.316 e. The van der Waals surface area contributed by atoms with Crippen molar-refractivity contribution in [3.63, 3.8) is 0 Å². The Bertz CT molecular complexity index is 307. The van der Waals surface area contributed by atoms with Gasteiger partial charge < -0.3 is 5.32 Å². The van der Waals surface area contributed by atoms with Crippen molar-refractivity contribution in [2.24, 2.45) is 11.8 Å². The van der Waals surface area contributed by atoms with E-state index in [0.717, 1.165) is 23.4 Å². The summed E-state index contributed by atoms with van der Waals surface area (Å²) in [7, 11) is 0. The number of benzene rings is 1. The number of nitrogens with one attached hydrogen (secondary N) is 1. The highest BCUT2D eigenvalue weighted by molar-refractivity contribution is 6.30. The van der Waals surface area contributed by atoms with Gasteiger partial charge in [0.1, 0.15) is 0 Å². The summed E-state index contributed by atoms with van der Waals surface area (Å²) >= 11 is 5.87. The van der Waals surface area contributed by atoms with E-state index in [2.05, 4.69) is 24.4 Å². The summed E-state index contributed by atoms with van der Waals surface area (Å²) in [4.78, 5) is 0. The molecule has 1 aromatic rings. The summed E-state index contributed by atoms with van der Waals surface area (Å²) < 4.78 is 0. The fourth-order valence-corrected chi connectivity index (χ4v) is 2.38. The van der Waals surface area contributed by atoms with E-state index in [1.165, 1.54) is 24.9 Å². The molecule has 0 spiro atoms. The molecule has 2 rings (SSSR count). The van der Waals surface area contributed by atoms with Crippen LogP contribution < -0.4 is 5.32 Å². The van der Waals surface area contributed by atoms with Crippen LogP contribution in [0.3, 0.4) is 0 Å². The van der Waals surface area contributed by atoms with E-state index in [-0.39, 0.29) is 0 Å². The maximum absolute atomic E-state index is 5.87. The van der Waals surface area contributed by atoms with Crippen molar-refractivity contribution in [3.05, 3.63) is 34.9 Å². The Hall–Kier alpha value is -0.530. The zero-order valence-corrected chi connectivity index (χ0v) is 9.93. The molecule has 0 amide bonds. The van der Waals surface area contributed by atoms with Gasteiger partial charge in [-0.2, -0.15) is 0 Å². The van der Waals surface area contributed by atoms with Crippen LogP contribution in [0.2, 0.25) is 5.02 Å². The van der Waals surface area contributed by atoms with Gasteiger partial charge in [0, 0.05) is 5.02 Å². The third-order valence-electron chi connectivity index (χ3n) is 3.40. The maximum atomic E-state index is 5.87. The van der Waals surface area contributed by atoms with Crippen molar-refractivity contribution >= 4 is 11.6 Å². The van der Waals surface area contributed by atoms with E-state index in [4.69, 9.17) is 11.6 Å². The minimum atomic E-state index is 0.778. The highest BCUT2D eigenvalue weighted by Crippen LogP contribution is 2.23. The first-order chi connectivity index (χ1) is 7.25. The van der Waals surface area contributed by atoms with Gasteiger partial charge in [0.15, 0.2) is 0 Å². The van der Waals surface area contributed by atoms with Crippen molar-refractivity contribution < 1.29 is 0 Å². The molecule has 2 atom stereocenters. The molecule has 82 valence electrons. The molecule has 1 aliphatic rings. The van der Waals surface area contributed by atoms with Crippen LogP contribution in [0.15, 0.2) is 24.3 Å². The maximum Gasteiger partial charge on any atom is 0.0406 e. The molecular weight excluding hydrogens is 206 g/mol. The van der Waals surface area contributed by atoms with Crippen LogP contribution in [0.4, 0.5) is 0 Å². The second kappa shape index (κ2) is 5.00. The summed E-state index contributed by atoms with van der Waals surface area (Å²) in [6.07, 6.45) is 2.48. The Balaban J connectivity index is 1.98. The first-order valence-electron chi connectivity index (χ1n) is 5.71. The number of piperidine rings is 1. The molecule has 2 unspecified atom stereocenters. The molecule has 1 saturated heterocycles. The van der Waals surface area contributed by atoms with E-state index in [1.54, 1.807) is 0 Å². The third-order valence-corrected chi connectivity index (χ3v) is 3.65. The summed E-state index contributed by atoms with van der Waals surface area (Å²) in [6.45, 7) is 4.70. The fraction of sp³-hybridized carbons (Fsp3) is 0.538. The first kappa shape index (κ1) is 11.0. The molecule has 1 N–H and O–H groups in total. The van der Waals surface area contributed by atoms with Crippen molar-refractivity contribution in [2.45, 2.75) is 19.8 Å². The Morgan fingerprint density at radius 1 is 1.33 bits per heavy atom. The summed E-state index contributed by atoms with van der Waals surface area (Å²) in [6, 6.07) is 8.25. The third kappa shape index (κ3) is 2.96.